The van der Waals surface area contributed by atoms with Crippen molar-refractivity contribution in [2.45, 2.75) is 82.2 Å². The zero-order valence-corrected chi connectivity index (χ0v) is 13.7. The van der Waals surface area contributed by atoms with E-state index in [0.717, 1.165) is 51.2 Å². The van der Waals surface area contributed by atoms with Crippen molar-refractivity contribution in [3.63, 3.8) is 0 Å². The Hall–Kier alpha value is -0.610. The van der Waals surface area contributed by atoms with E-state index in [1.807, 2.05) is 0 Å². The molecule has 1 amide bonds. The maximum Gasteiger partial charge on any atom is 0.240 e. The van der Waals surface area contributed by atoms with Gasteiger partial charge in [0.15, 0.2) is 0 Å². The number of rotatable bonds is 6. The Labute approximate surface area is 129 Å². The van der Waals surface area contributed by atoms with Crippen LogP contribution in [0.1, 0.15) is 70.6 Å². The first-order valence-electron chi connectivity index (χ1n) is 8.89. The lowest BCUT2D eigenvalue weighted by Crippen LogP contribution is -2.55. The fourth-order valence-corrected chi connectivity index (χ4v) is 3.82. The minimum atomic E-state index is -0.590. The summed E-state index contributed by atoms with van der Waals surface area (Å²) in [6, 6.07) is 0.758. The van der Waals surface area contributed by atoms with Crippen molar-refractivity contribution in [1.82, 2.24) is 10.2 Å². The third-order valence-corrected chi connectivity index (χ3v) is 5.37. The summed E-state index contributed by atoms with van der Waals surface area (Å²) in [5.74, 6) is 0.0718. The largest absolute Gasteiger partial charge is 0.354 e. The Kier molecular flexibility index (Phi) is 6.49. The van der Waals surface area contributed by atoms with Gasteiger partial charge < -0.3 is 16.0 Å². The highest BCUT2D eigenvalue weighted by molar-refractivity contribution is 5.86. The summed E-state index contributed by atoms with van der Waals surface area (Å²) in [6.45, 7) is 1.83. The fraction of sp³-hybridized carbons (Fsp3) is 0.941. The third-order valence-electron chi connectivity index (χ3n) is 5.37. The van der Waals surface area contributed by atoms with Gasteiger partial charge in [-0.15, -0.1) is 0 Å². The zero-order chi connectivity index (χ0) is 15.1. The van der Waals surface area contributed by atoms with Crippen LogP contribution < -0.4 is 11.1 Å². The van der Waals surface area contributed by atoms with Gasteiger partial charge in [0.05, 0.1) is 5.54 Å². The average molecular weight is 295 g/mol. The van der Waals surface area contributed by atoms with Gasteiger partial charge in [-0.05, 0) is 45.7 Å². The van der Waals surface area contributed by atoms with Crippen LogP contribution >= 0.6 is 0 Å². The normalized spacial score (nSPS) is 23.2. The van der Waals surface area contributed by atoms with E-state index in [1.54, 1.807) is 0 Å². The van der Waals surface area contributed by atoms with E-state index in [1.165, 1.54) is 38.5 Å². The molecule has 0 atom stereocenters. The first-order valence-corrected chi connectivity index (χ1v) is 8.89. The number of nitrogens with zero attached hydrogens (tertiary/aromatic N) is 1. The summed E-state index contributed by atoms with van der Waals surface area (Å²) in [5, 5.41) is 3.06. The summed E-state index contributed by atoms with van der Waals surface area (Å²) >= 11 is 0. The van der Waals surface area contributed by atoms with Crippen molar-refractivity contribution in [2.75, 3.05) is 20.1 Å². The summed E-state index contributed by atoms with van der Waals surface area (Å²) in [7, 11) is 2.23. The maximum absolute atomic E-state index is 12.2. The summed E-state index contributed by atoms with van der Waals surface area (Å²) in [4.78, 5) is 14.7. The molecule has 0 aromatic carbocycles. The standard InChI is InChI=1S/C17H33N3O/c1-20(15-9-4-2-5-10-15)14-8-13-19-16(21)17(18)11-6-3-7-12-17/h15H,2-14,18H2,1H3,(H,19,21). The predicted octanol–water partition coefficient (Wildman–Crippen LogP) is 2.42. The molecule has 4 nitrogen and oxygen atoms in total. The lowest BCUT2D eigenvalue weighted by Gasteiger charge is -2.32. The van der Waals surface area contributed by atoms with Crippen molar-refractivity contribution in [3.8, 4) is 0 Å². The molecule has 3 N–H and O–H groups in total. The van der Waals surface area contributed by atoms with Crippen LogP contribution in [0, 0.1) is 0 Å². The molecule has 0 bridgehead atoms. The maximum atomic E-state index is 12.2. The number of carbonyl (C=O) groups excluding carboxylic acids is 1. The van der Waals surface area contributed by atoms with Gasteiger partial charge in [0.2, 0.25) is 5.91 Å². The Morgan fingerprint density at radius 3 is 2.43 bits per heavy atom. The molecule has 0 heterocycles. The van der Waals surface area contributed by atoms with Crippen LogP contribution in [0.4, 0.5) is 0 Å². The van der Waals surface area contributed by atoms with Crippen LogP contribution in [0.15, 0.2) is 0 Å². The fourth-order valence-electron chi connectivity index (χ4n) is 3.82. The van der Waals surface area contributed by atoms with E-state index in [-0.39, 0.29) is 5.91 Å². The van der Waals surface area contributed by atoms with Gasteiger partial charge in [-0.1, -0.05) is 38.5 Å². The molecule has 0 aliphatic heterocycles. The highest BCUT2D eigenvalue weighted by atomic mass is 16.2. The Bertz CT molecular complexity index is 320. The minimum Gasteiger partial charge on any atom is -0.354 e. The molecule has 0 aromatic heterocycles. The monoisotopic (exact) mass is 295 g/mol. The second-order valence-corrected chi connectivity index (χ2v) is 7.10. The van der Waals surface area contributed by atoms with E-state index >= 15 is 0 Å². The first-order chi connectivity index (χ1) is 10.1. The van der Waals surface area contributed by atoms with Crippen molar-refractivity contribution >= 4 is 5.91 Å². The average Bonchev–Trinajstić information content (AvgIpc) is 2.52. The molecule has 2 saturated carbocycles. The number of nitrogens with one attached hydrogen (secondary N) is 1. The quantitative estimate of drug-likeness (QED) is 0.740. The lowest BCUT2D eigenvalue weighted by molar-refractivity contribution is -0.127. The van der Waals surface area contributed by atoms with E-state index in [9.17, 15) is 4.79 Å². The highest BCUT2D eigenvalue weighted by Crippen LogP contribution is 2.26. The van der Waals surface area contributed by atoms with Gasteiger partial charge in [0.1, 0.15) is 0 Å². The third kappa shape index (κ3) is 4.96. The molecule has 0 unspecified atom stereocenters. The lowest BCUT2D eigenvalue weighted by atomic mass is 9.82. The number of amides is 1. The van der Waals surface area contributed by atoms with Gasteiger partial charge in [0, 0.05) is 12.6 Å². The smallest absolute Gasteiger partial charge is 0.240 e. The molecule has 2 fully saturated rings. The minimum absolute atomic E-state index is 0.0718. The Morgan fingerprint density at radius 1 is 1.14 bits per heavy atom. The van der Waals surface area contributed by atoms with E-state index in [0.29, 0.717) is 0 Å². The molecule has 4 heteroatoms. The second kappa shape index (κ2) is 8.14. The first kappa shape index (κ1) is 16.8. The van der Waals surface area contributed by atoms with Crippen LogP contribution in [-0.4, -0.2) is 42.5 Å². The van der Waals surface area contributed by atoms with E-state index < -0.39 is 5.54 Å². The van der Waals surface area contributed by atoms with Crippen LogP contribution in [0.2, 0.25) is 0 Å². The molecule has 0 spiro atoms. The van der Waals surface area contributed by atoms with Crippen LogP contribution in [0.3, 0.4) is 0 Å². The van der Waals surface area contributed by atoms with Crippen LogP contribution in [-0.2, 0) is 4.79 Å². The number of nitrogens with two attached hydrogens (primary N) is 1. The van der Waals surface area contributed by atoms with Gasteiger partial charge >= 0.3 is 0 Å². The molecule has 0 saturated heterocycles. The number of carbonyl (C=O) groups is 1. The molecule has 0 radical (unpaired) electrons. The zero-order valence-electron chi connectivity index (χ0n) is 13.7. The van der Waals surface area contributed by atoms with Crippen molar-refractivity contribution < 1.29 is 4.79 Å². The summed E-state index contributed by atoms with van der Waals surface area (Å²) < 4.78 is 0. The summed E-state index contributed by atoms with van der Waals surface area (Å²) in [5.41, 5.74) is 5.65. The molecule has 2 aliphatic carbocycles. The van der Waals surface area contributed by atoms with Crippen molar-refractivity contribution in [2.24, 2.45) is 5.73 Å². The summed E-state index contributed by atoms with van der Waals surface area (Å²) in [6.07, 6.45) is 13.0. The van der Waals surface area contributed by atoms with Crippen molar-refractivity contribution in [1.29, 1.82) is 0 Å². The molecular weight excluding hydrogens is 262 g/mol. The van der Waals surface area contributed by atoms with Gasteiger partial charge in [0.25, 0.3) is 0 Å². The highest BCUT2D eigenvalue weighted by Gasteiger charge is 2.34. The Morgan fingerprint density at radius 2 is 1.76 bits per heavy atom. The van der Waals surface area contributed by atoms with E-state index in [2.05, 4.69) is 17.3 Å². The number of hydrogen-bond donors (Lipinski definition) is 2. The van der Waals surface area contributed by atoms with Crippen LogP contribution in [0.5, 0.6) is 0 Å². The van der Waals surface area contributed by atoms with Gasteiger partial charge in [-0.2, -0.15) is 0 Å². The topological polar surface area (TPSA) is 58.4 Å². The Balaban J connectivity index is 1.61. The van der Waals surface area contributed by atoms with Crippen molar-refractivity contribution in [3.05, 3.63) is 0 Å². The molecule has 21 heavy (non-hydrogen) atoms. The van der Waals surface area contributed by atoms with E-state index in [4.69, 9.17) is 5.73 Å². The van der Waals surface area contributed by atoms with Gasteiger partial charge in [-0.3, -0.25) is 4.79 Å². The molecule has 2 aliphatic rings. The predicted molar refractivity (Wildman–Crippen MR) is 87.1 cm³/mol. The number of hydrogen-bond acceptors (Lipinski definition) is 3. The molecule has 0 aromatic rings. The second-order valence-electron chi connectivity index (χ2n) is 7.10. The van der Waals surface area contributed by atoms with Gasteiger partial charge in [-0.25, -0.2) is 0 Å². The SMILES string of the molecule is CN(CCCNC(=O)C1(N)CCCCC1)C1CCCCC1. The molecular formula is C17H33N3O. The van der Waals surface area contributed by atoms with Crippen LogP contribution in [0.25, 0.3) is 0 Å². The molecule has 122 valence electrons. The molecule has 2 rings (SSSR count).